The van der Waals surface area contributed by atoms with Crippen molar-refractivity contribution in [1.29, 1.82) is 0 Å². The molecule has 1 amide bonds. The van der Waals surface area contributed by atoms with Gasteiger partial charge in [0, 0.05) is 6.54 Å². The maximum absolute atomic E-state index is 12.1. The lowest BCUT2D eigenvalue weighted by molar-refractivity contribution is -0.146. The van der Waals surface area contributed by atoms with Gasteiger partial charge in [0.05, 0.1) is 25.2 Å². The number of nitrogens with zero attached hydrogens (tertiary/aromatic N) is 1. The van der Waals surface area contributed by atoms with Crippen LogP contribution < -0.4 is 0 Å². The largest absolute Gasteiger partial charge is 0.466 e. The molecule has 0 spiro atoms. The summed E-state index contributed by atoms with van der Waals surface area (Å²) in [6.45, 7) is 7.93. The van der Waals surface area contributed by atoms with Crippen LogP contribution in [0.3, 0.4) is 0 Å². The quantitative estimate of drug-likeness (QED) is 0.796. The third kappa shape index (κ3) is 5.00. The summed E-state index contributed by atoms with van der Waals surface area (Å²) in [5, 5.41) is 10.1. The fraction of sp³-hybridized carbons (Fsp3) is 0.857. The van der Waals surface area contributed by atoms with Crippen LogP contribution in [0.15, 0.2) is 0 Å². The van der Waals surface area contributed by atoms with Gasteiger partial charge in [0.1, 0.15) is 5.60 Å². The number of aliphatic hydroxyl groups excluding tert-OH is 1. The van der Waals surface area contributed by atoms with E-state index in [4.69, 9.17) is 9.47 Å². The number of aliphatic hydroxyl groups is 1. The monoisotopic (exact) mass is 287 g/mol. The van der Waals surface area contributed by atoms with E-state index in [9.17, 15) is 14.7 Å². The molecule has 1 heterocycles. The van der Waals surface area contributed by atoms with Gasteiger partial charge in [-0.1, -0.05) is 0 Å². The molecule has 1 rings (SSSR count). The molecule has 1 N–H and O–H groups in total. The van der Waals surface area contributed by atoms with Crippen LogP contribution in [0.5, 0.6) is 0 Å². The molecule has 1 saturated heterocycles. The van der Waals surface area contributed by atoms with Gasteiger partial charge in [0.2, 0.25) is 0 Å². The standard InChI is InChI=1S/C14H25NO5/c1-5-19-12(17)9-11(16)10-7-6-8-15(10)13(18)20-14(2,3)4/h10-11,16H,5-9H2,1-4H3. The van der Waals surface area contributed by atoms with Crippen LogP contribution in [0.25, 0.3) is 0 Å². The van der Waals surface area contributed by atoms with Gasteiger partial charge >= 0.3 is 12.1 Å². The average Bonchev–Trinajstić information content (AvgIpc) is 2.75. The average molecular weight is 287 g/mol. The molecule has 0 aromatic heterocycles. The number of rotatable bonds is 4. The number of likely N-dealkylation sites (tertiary alicyclic amines) is 1. The lowest BCUT2D eigenvalue weighted by Gasteiger charge is -2.30. The summed E-state index contributed by atoms with van der Waals surface area (Å²) in [7, 11) is 0. The third-order valence-electron chi connectivity index (χ3n) is 3.05. The molecule has 0 bridgehead atoms. The lowest BCUT2D eigenvalue weighted by atomic mass is 10.1. The van der Waals surface area contributed by atoms with E-state index < -0.39 is 23.8 Å². The number of ether oxygens (including phenoxy) is 2. The second-order valence-electron chi connectivity index (χ2n) is 5.96. The Morgan fingerprint density at radius 3 is 2.60 bits per heavy atom. The zero-order valence-corrected chi connectivity index (χ0v) is 12.7. The van der Waals surface area contributed by atoms with Crippen LogP contribution in [0, 0.1) is 0 Å². The number of hydrogen-bond donors (Lipinski definition) is 1. The molecule has 0 aromatic rings. The minimum Gasteiger partial charge on any atom is -0.466 e. The van der Waals surface area contributed by atoms with Gasteiger partial charge < -0.3 is 19.5 Å². The Balaban J connectivity index is 2.60. The Morgan fingerprint density at radius 1 is 1.40 bits per heavy atom. The Bertz CT molecular complexity index is 350. The summed E-state index contributed by atoms with van der Waals surface area (Å²) < 4.78 is 10.1. The summed E-state index contributed by atoms with van der Waals surface area (Å²) in [6, 6.07) is -0.380. The number of esters is 1. The van der Waals surface area contributed by atoms with Crippen molar-refractivity contribution in [3.63, 3.8) is 0 Å². The van der Waals surface area contributed by atoms with Crippen molar-refractivity contribution in [1.82, 2.24) is 4.90 Å². The SMILES string of the molecule is CCOC(=O)CC(O)C1CCCN1C(=O)OC(C)(C)C. The van der Waals surface area contributed by atoms with Gasteiger partial charge in [-0.25, -0.2) is 4.79 Å². The minimum atomic E-state index is -0.913. The first-order chi connectivity index (χ1) is 9.24. The summed E-state index contributed by atoms with van der Waals surface area (Å²) in [4.78, 5) is 25.0. The number of carbonyl (C=O) groups excluding carboxylic acids is 2. The van der Waals surface area contributed by atoms with Gasteiger partial charge in [-0.3, -0.25) is 4.79 Å². The maximum Gasteiger partial charge on any atom is 0.410 e. The molecule has 1 aliphatic rings. The van der Waals surface area contributed by atoms with Crippen LogP contribution in [0.1, 0.15) is 47.0 Å². The molecule has 116 valence electrons. The molecule has 0 saturated carbocycles. The fourth-order valence-electron chi connectivity index (χ4n) is 2.27. The fourth-order valence-corrected chi connectivity index (χ4v) is 2.27. The van der Waals surface area contributed by atoms with Crippen molar-refractivity contribution in [3.05, 3.63) is 0 Å². The summed E-state index contributed by atoms with van der Waals surface area (Å²) in [5.41, 5.74) is -0.573. The molecule has 0 aliphatic carbocycles. The van der Waals surface area contributed by atoms with Crippen molar-refractivity contribution < 1.29 is 24.2 Å². The summed E-state index contributed by atoms with van der Waals surface area (Å²) in [6.07, 6.45) is 0.00786. The minimum absolute atomic E-state index is 0.0994. The molecule has 2 atom stereocenters. The maximum atomic E-state index is 12.1. The smallest absolute Gasteiger partial charge is 0.410 e. The molecule has 0 radical (unpaired) electrons. The first-order valence-corrected chi connectivity index (χ1v) is 7.08. The van der Waals surface area contributed by atoms with Crippen molar-refractivity contribution in [2.75, 3.05) is 13.2 Å². The lowest BCUT2D eigenvalue weighted by Crippen LogP contribution is -2.45. The zero-order valence-electron chi connectivity index (χ0n) is 12.7. The molecule has 6 nitrogen and oxygen atoms in total. The van der Waals surface area contributed by atoms with Crippen molar-refractivity contribution in [2.45, 2.75) is 64.7 Å². The Labute approximate surface area is 120 Å². The third-order valence-corrected chi connectivity index (χ3v) is 3.05. The normalized spacial score (nSPS) is 20.6. The first-order valence-electron chi connectivity index (χ1n) is 7.08. The Hall–Kier alpha value is -1.30. The van der Waals surface area contributed by atoms with Gasteiger partial charge in [0.25, 0.3) is 0 Å². The van der Waals surface area contributed by atoms with E-state index in [-0.39, 0.29) is 19.1 Å². The van der Waals surface area contributed by atoms with Gasteiger partial charge in [-0.05, 0) is 40.5 Å². The molecular formula is C14H25NO5. The summed E-state index contributed by atoms with van der Waals surface area (Å²) >= 11 is 0. The second kappa shape index (κ2) is 6.92. The highest BCUT2D eigenvalue weighted by Gasteiger charge is 2.37. The molecule has 1 fully saturated rings. The topological polar surface area (TPSA) is 76.1 Å². The van der Waals surface area contributed by atoms with Gasteiger partial charge in [-0.15, -0.1) is 0 Å². The highest BCUT2D eigenvalue weighted by Crippen LogP contribution is 2.24. The van der Waals surface area contributed by atoms with E-state index in [1.54, 1.807) is 27.7 Å². The highest BCUT2D eigenvalue weighted by molar-refractivity contribution is 5.71. The van der Waals surface area contributed by atoms with E-state index in [0.717, 1.165) is 6.42 Å². The molecule has 20 heavy (non-hydrogen) atoms. The molecular weight excluding hydrogens is 262 g/mol. The zero-order chi connectivity index (χ0) is 15.3. The Morgan fingerprint density at radius 2 is 2.05 bits per heavy atom. The highest BCUT2D eigenvalue weighted by atomic mass is 16.6. The number of amides is 1. The van der Waals surface area contributed by atoms with E-state index in [2.05, 4.69) is 0 Å². The molecule has 1 aliphatic heterocycles. The van der Waals surface area contributed by atoms with E-state index in [1.165, 1.54) is 4.90 Å². The summed E-state index contributed by atoms with van der Waals surface area (Å²) in [5.74, 6) is -0.448. The second-order valence-corrected chi connectivity index (χ2v) is 5.96. The predicted molar refractivity (Wildman–Crippen MR) is 73.2 cm³/mol. The number of hydrogen-bond acceptors (Lipinski definition) is 5. The van der Waals surface area contributed by atoms with Gasteiger partial charge in [0.15, 0.2) is 0 Å². The first kappa shape index (κ1) is 16.8. The predicted octanol–water partition coefficient (Wildman–Crippen LogP) is 1.70. The van der Waals surface area contributed by atoms with Crippen molar-refractivity contribution in [2.24, 2.45) is 0 Å². The molecule has 2 unspecified atom stereocenters. The van der Waals surface area contributed by atoms with Crippen LogP contribution in [-0.2, 0) is 14.3 Å². The number of carbonyl (C=O) groups is 2. The van der Waals surface area contributed by atoms with Crippen LogP contribution >= 0.6 is 0 Å². The van der Waals surface area contributed by atoms with Crippen LogP contribution in [0.4, 0.5) is 4.79 Å². The molecule has 6 heteroatoms. The van der Waals surface area contributed by atoms with Crippen molar-refractivity contribution in [3.8, 4) is 0 Å². The van der Waals surface area contributed by atoms with E-state index in [1.807, 2.05) is 0 Å². The van der Waals surface area contributed by atoms with Gasteiger partial charge in [-0.2, -0.15) is 0 Å². The van der Waals surface area contributed by atoms with E-state index >= 15 is 0 Å². The van der Waals surface area contributed by atoms with Crippen LogP contribution in [0.2, 0.25) is 0 Å². The Kier molecular flexibility index (Phi) is 5.80. The van der Waals surface area contributed by atoms with Crippen molar-refractivity contribution >= 4 is 12.1 Å². The van der Waals surface area contributed by atoms with E-state index in [0.29, 0.717) is 13.0 Å². The van der Waals surface area contributed by atoms with Crippen LogP contribution in [-0.4, -0.2) is 53.0 Å². The molecule has 0 aromatic carbocycles.